The van der Waals surface area contributed by atoms with Crippen LogP contribution < -0.4 is 0 Å². The quantitative estimate of drug-likeness (QED) is 0.553. The standard InChI is InChI=1S/C10H17N/c1-3-7-4-9-6(2)8-5-10(8)11(7)9/h6-10H,3-5H2,1-2H3/t6?,7?,8-,9?,10?/m1/s1. The second-order valence-corrected chi connectivity index (χ2v) is 4.64. The summed E-state index contributed by atoms with van der Waals surface area (Å²) in [4.78, 5) is 2.81. The molecule has 0 aromatic rings. The first-order chi connectivity index (χ1) is 5.33. The van der Waals surface area contributed by atoms with Crippen LogP contribution in [0.4, 0.5) is 0 Å². The molecule has 0 aromatic carbocycles. The number of hydrogen-bond donors (Lipinski definition) is 0. The summed E-state index contributed by atoms with van der Waals surface area (Å²) in [5, 5.41) is 0. The van der Waals surface area contributed by atoms with Crippen LogP contribution in [0.3, 0.4) is 0 Å². The van der Waals surface area contributed by atoms with Gasteiger partial charge in [-0.2, -0.15) is 0 Å². The molecule has 3 aliphatic rings. The minimum atomic E-state index is 0.972. The Bertz CT molecular complexity index is 187. The van der Waals surface area contributed by atoms with E-state index in [9.17, 15) is 0 Å². The molecule has 62 valence electrons. The molecule has 5 atom stereocenters. The lowest BCUT2D eigenvalue weighted by molar-refractivity contribution is 0.00975. The lowest BCUT2D eigenvalue weighted by Gasteiger charge is -2.48. The van der Waals surface area contributed by atoms with Gasteiger partial charge in [-0.05, 0) is 31.1 Å². The van der Waals surface area contributed by atoms with E-state index in [2.05, 4.69) is 18.7 Å². The molecule has 1 aliphatic carbocycles. The number of nitrogens with zero attached hydrogens (tertiary/aromatic N) is 1. The predicted octanol–water partition coefficient (Wildman–Crippen LogP) is 1.88. The molecule has 0 spiro atoms. The monoisotopic (exact) mass is 151 g/mol. The fraction of sp³-hybridized carbons (Fsp3) is 1.00. The summed E-state index contributed by atoms with van der Waals surface area (Å²) < 4.78 is 0. The number of piperidine rings is 1. The second kappa shape index (κ2) is 1.82. The number of hydrogen-bond acceptors (Lipinski definition) is 1. The first-order valence-corrected chi connectivity index (χ1v) is 5.10. The SMILES string of the molecule is CCC1CC2C(C)[C@H]3CC3N12. The topological polar surface area (TPSA) is 3.24 Å². The molecule has 0 aromatic heterocycles. The summed E-state index contributed by atoms with van der Waals surface area (Å²) in [5.74, 6) is 2.14. The van der Waals surface area contributed by atoms with E-state index >= 15 is 0 Å². The van der Waals surface area contributed by atoms with E-state index in [0.717, 1.165) is 30.0 Å². The Morgan fingerprint density at radius 1 is 1.27 bits per heavy atom. The Morgan fingerprint density at radius 3 is 2.73 bits per heavy atom. The molecule has 11 heavy (non-hydrogen) atoms. The Labute approximate surface area is 68.8 Å². The third-order valence-electron chi connectivity index (χ3n) is 4.26. The summed E-state index contributed by atoms with van der Waals surface area (Å²) in [6.07, 6.45) is 4.41. The Kier molecular flexibility index (Phi) is 1.07. The summed E-state index contributed by atoms with van der Waals surface area (Å²) in [7, 11) is 0. The summed E-state index contributed by atoms with van der Waals surface area (Å²) in [6.45, 7) is 4.79. The highest BCUT2D eigenvalue weighted by Crippen LogP contribution is 2.58. The van der Waals surface area contributed by atoms with Gasteiger partial charge in [0.1, 0.15) is 0 Å². The highest BCUT2D eigenvalue weighted by Gasteiger charge is 2.62. The third kappa shape index (κ3) is 0.618. The second-order valence-electron chi connectivity index (χ2n) is 4.64. The lowest BCUT2D eigenvalue weighted by Crippen LogP contribution is -2.55. The Balaban J connectivity index is 1.80. The number of rotatable bonds is 1. The van der Waals surface area contributed by atoms with Crippen LogP contribution >= 0.6 is 0 Å². The zero-order valence-electron chi connectivity index (χ0n) is 7.46. The molecule has 2 aliphatic heterocycles. The van der Waals surface area contributed by atoms with Crippen molar-refractivity contribution in [2.45, 2.75) is 51.2 Å². The highest BCUT2D eigenvalue weighted by atomic mass is 15.3. The van der Waals surface area contributed by atoms with Crippen LogP contribution in [0.5, 0.6) is 0 Å². The lowest BCUT2D eigenvalue weighted by atomic mass is 9.84. The van der Waals surface area contributed by atoms with Crippen LogP contribution in [0, 0.1) is 11.8 Å². The van der Waals surface area contributed by atoms with Crippen LogP contribution in [-0.4, -0.2) is 23.0 Å². The van der Waals surface area contributed by atoms with Crippen LogP contribution in [-0.2, 0) is 0 Å². The van der Waals surface area contributed by atoms with Gasteiger partial charge in [0.15, 0.2) is 0 Å². The van der Waals surface area contributed by atoms with Crippen molar-refractivity contribution in [1.82, 2.24) is 4.90 Å². The van der Waals surface area contributed by atoms with Gasteiger partial charge in [0.05, 0.1) is 0 Å². The zero-order valence-corrected chi connectivity index (χ0v) is 7.46. The van der Waals surface area contributed by atoms with Crippen molar-refractivity contribution in [1.29, 1.82) is 0 Å². The van der Waals surface area contributed by atoms with Crippen LogP contribution in [0.2, 0.25) is 0 Å². The van der Waals surface area contributed by atoms with Crippen molar-refractivity contribution in [2.24, 2.45) is 11.8 Å². The molecule has 3 rings (SSSR count). The van der Waals surface area contributed by atoms with E-state index in [1.165, 1.54) is 19.3 Å². The maximum atomic E-state index is 2.81. The van der Waals surface area contributed by atoms with E-state index in [1.807, 2.05) is 0 Å². The zero-order chi connectivity index (χ0) is 7.59. The molecule has 1 saturated carbocycles. The predicted molar refractivity (Wildman–Crippen MR) is 45.4 cm³/mol. The van der Waals surface area contributed by atoms with Crippen molar-refractivity contribution in [3.05, 3.63) is 0 Å². The molecular formula is C10H17N. The molecule has 4 unspecified atom stereocenters. The maximum Gasteiger partial charge on any atom is 0.0145 e. The van der Waals surface area contributed by atoms with Gasteiger partial charge in [-0.15, -0.1) is 0 Å². The first kappa shape index (κ1) is 6.47. The first-order valence-electron chi connectivity index (χ1n) is 5.10. The van der Waals surface area contributed by atoms with Crippen molar-refractivity contribution in [3.8, 4) is 0 Å². The highest BCUT2D eigenvalue weighted by molar-refractivity contribution is 5.16. The van der Waals surface area contributed by atoms with Gasteiger partial charge in [-0.25, -0.2) is 0 Å². The van der Waals surface area contributed by atoms with Crippen molar-refractivity contribution in [2.75, 3.05) is 0 Å². The van der Waals surface area contributed by atoms with Crippen molar-refractivity contribution >= 4 is 0 Å². The fourth-order valence-corrected chi connectivity index (χ4v) is 3.43. The van der Waals surface area contributed by atoms with E-state index in [4.69, 9.17) is 0 Å². The molecule has 1 nitrogen and oxygen atoms in total. The van der Waals surface area contributed by atoms with E-state index < -0.39 is 0 Å². The summed E-state index contributed by atoms with van der Waals surface area (Å²) >= 11 is 0. The van der Waals surface area contributed by atoms with Gasteiger partial charge < -0.3 is 0 Å². The molecule has 1 heteroatoms. The molecule has 0 radical (unpaired) electrons. The molecule has 0 amide bonds. The van der Waals surface area contributed by atoms with Crippen LogP contribution in [0.25, 0.3) is 0 Å². The van der Waals surface area contributed by atoms with Gasteiger partial charge in [-0.1, -0.05) is 13.8 Å². The number of fused-ring (bicyclic) bond motifs is 3. The largest absolute Gasteiger partial charge is 0.294 e. The van der Waals surface area contributed by atoms with E-state index in [0.29, 0.717) is 0 Å². The van der Waals surface area contributed by atoms with Gasteiger partial charge in [0, 0.05) is 18.1 Å². The fourth-order valence-electron chi connectivity index (χ4n) is 3.43. The van der Waals surface area contributed by atoms with E-state index in [1.54, 1.807) is 0 Å². The molecule has 2 saturated heterocycles. The van der Waals surface area contributed by atoms with Gasteiger partial charge >= 0.3 is 0 Å². The minimum absolute atomic E-state index is 0.972. The summed E-state index contributed by atoms with van der Waals surface area (Å²) in [6, 6.07) is 3.01. The Hall–Kier alpha value is -0.0400. The molecular weight excluding hydrogens is 134 g/mol. The average molecular weight is 151 g/mol. The van der Waals surface area contributed by atoms with Gasteiger partial charge in [-0.3, -0.25) is 4.90 Å². The third-order valence-corrected chi connectivity index (χ3v) is 4.26. The molecule has 2 heterocycles. The molecule has 0 bridgehead atoms. The average Bonchev–Trinajstić information content (AvgIpc) is 2.62. The minimum Gasteiger partial charge on any atom is -0.294 e. The van der Waals surface area contributed by atoms with Gasteiger partial charge in [0.2, 0.25) is 0 Å². The Morgan fingerprint density at radius 2 is 2.09 bits per heavy atom. The van der Waals surface area contributed by atoms with Gasteiger partial charge in [0.25, 0.3) is 0 Å². The summed E-state index contributed by atoms with van der Waals surface area (Å²) in [5.41, 5.74) is 0. The molecule has 0 N–H and O–H groups in total. The van der Waals surface area contributed by atoms with E-state index in [-0.39, 0.29) is 0 Å². The van der Waals surface area contributed by atoms with Crippen molar-refractivity contribution in [3.63, 3.8) is 0 Å². The maximum absolute atomic E-state index is 2.81. The molecule has 3 fully saturated rings. The van der Waals surface area contributed by atoms with Crippen LogP contribution in [0.1, 0.15) is 33.1 Å². The normalized spacial score (nSPS) is 60.0. The van der Waals surface area contributed by atoms with Crippen molar-refractivity contribution < 1.29 is 0 Å². The smallest absolute Gasteiger partial charge is 0.0145 e. The van der Waals surface area contributed by atoms with Crippen LogP contribution in [0.15, 0.2) is 0 Å².